The van der Waals surface area contributed by atoms with E-state index in [1.807, 2.05) is 22.8 Å². The second kappa shape index (κ2) is 5.60. The Balaban J connectivity index is 2.30. The van der Waals surface area contributed by atoms with E-state index in [1.54, 1.807) is 32.3 Å². The van der Waals surface area contributed by atoms with Crippen LogP contribution in [0.2, 0.25) is 0 Å². The minimum absolute atomic E-state index is 0.0773. The van der Waals surface area contributed by atoms with Gasteiger partial charge in [-0.2, -0.15) is 0 Å². The molecule has 0 aliphatic heterocycles. The van der Waals surface area contributed by atoms with Crippen LogP contribution < -0.4 is 11.2 Å². The summed E-state index contributed by atoms with van der Waals surface area (Å²) >= 11 is 0. The molecular formula is C17H16FN3O. The van der Waals surface area contributed by atoms with Gasteiger partial charge in [-0.15, -0.1) is 0 Å². The van der Waals surface area contributed by atoms with Gasteiger partial charge in [0, 0.05) is 14.1 Å². The third-order valence-corrected chi connectivity index (χ3v) is 3.73. The molecule has 4 nitrogen and oxygen atoms in total. The zero-order valence-electron chi connectivity index (χ0n) is 12.5. The first-order valence-electron chi connectivity index (χ1n) is 6.97. The van der Waals surface area contributed by atoms with Gasteiger partial charge in [-0.1, -0.05) is 24.3 Å². The van der Waals surface area contributed by atoms with E-state index in [0.29, 0.717) is 17.5 Å². The van der Waals surface area contributed by atoms with Crippen molar-refractivity contribution in [2.75, 3.05) is 7.05 Å². The van der Waals surface area contributed by atoms with Crippen LogP contribution in [0.3, 0.4) is 0 Å². The van der Waals surface area contributed by atoms with E-state index in [4.69, 9.17) is 0 Å². The Bertz CT molecular complexity index is 952. The summed E-state index contributed by atoms with van der Waals surface area (Å²) in [6.45, 7) is 0.515. The van der Waals surface area contributed by atoms with Crippen molar-refractivity contribution in [1.29, 1.82) is 0 Å². The zero-order valence-corrected chi connectivity index (χ0v) is 12.5. The molecule has 112 valence electrons. The van der Waals surface area contributed by atoms with Gasteiger partial charge in [0.25, 0.3) is 5.56 Å². The fourth-order valence-electron chi connectivity index (χ4n) is 2.65. The Morgan fingerprint density at radius 3 is 2.45 bits per heavy atom. The molecule has 2 aromatic carbocycles. The number of aromatic nitrogens is 2. The SMILES string of the molecule is CN=c1n(C)c(=O)c2ccccc2n1Cc1ccc(F)cc1. The molecule has 0 atom stereocenters. The molecule has 3 aromatic rings. The molecule has 0 radical (unpaired) electrons. The summed E-state index contributed by atoms with van der Waals surface area (Å²) in [6.07, 6.45) is 0. The summed E-state index contributed by atoms with van der Waals surface area (Å²) in [5.74, 6) is -0.264. The predicted molar refractivity (Wildman–Crippen MR) is 84.2 cm³/mol. The van der Waals surface area contributed by atoms with Gasteiger partial charge >= 0.3 is 0 Å². The normalized spacial score (nSPS) is 12.0. The summed E-state index contributed by atoms with van der Waals surface area (Å²) < 4.78 is 16.6. The molecule has 0 aliphatic rings. The van der Waals surface area contributed by atoms with E-state index in [9.17, 15) is 9.18 Å². The van der Waals surface area contributed by atoms with Crippen LogP contribution in [0.5, 0.6) is 0 Å². The number of hydrogen-bond donors (Lipinski definition) is 0. The number of para-hydroxylation sites is 1. The Labute approximate surface area is 126 Å². The maximum atomic E-state index is 13.1. The lowest BCUT2D eigenvalue weighted by Gasteiger charge is -2.14. The van der Waals surface area contributed by atoms with Crippen molar-refractivity contribution in [2.24, 2.45) is 12.0 Å². The fourth-order valence-corrected chi connectivity index (χ4v) is 2.65. The van der Waals surface area contributed by atoms with Crippen molar-refractivity contribution in [1.82, 2.24) is 9.13 Å². The molecule has 0 fully saturated rings. The molecule has 5 heteroatoms. The maximum Gasteiger partial charge on any atom is 0.262 e. The number of nitrogens with zero attached hydrogens (tertiary/aromatic N) is 3. The summed E-state index contributed by atoms with van der Waals surface area (Å²) in [5, 5.41) is 0.638. The van der Waals surface area contributed by atoms with E-state index in [-0.39, 0.29) is 11.4 Å². The molecular weight excluding hydrogens is 281 g/mol. The first-order valence-corrected chi connectivity index (χ1v) is 6.97. The standard InChI is InChI=1S/C17H16FN3O/c1-19-17-20(2)16(22)14-5-3-4-6-15(14)21(17)11-12-7-9-13(18)10-8-12/h3-10H,11H2,1-2H3. The van der Waals surface area contributed by atoms with Crippen LogP contribution in [-0.4, -0.2) is 16.2 Å². The van der Waals surface area contributed by atoms with Gasteiger partial charge in [-0.25, -0.2) is 4.39 Å². The first kappa shape index (κ1) is 14.3. The number of benzene rings is 2. The number of fused-ring (bicyclic) bond motifs is 1. The van der Waals surface area contributed by atoms with Crippen LogP contribution in [0.1, 0.15) is 5.56 Å². The van der Waals surface area contributed by atoms with E-state index >= 15 is 0 Å². The van der Waals surface area contributed by atoms with Crippen LogP contribution in [0.15, 0.2) is 58.3 Å². The van der Waals surface area contributed by atoms with Gasteiger partial charge in [0.15, 0.2) is 0 Å². The van der Waals surface area contributed by atoms with Gasteiger partial charge in [-0.3, -0.25) is 14.4 Å². The fraction of sp³-hybridized carbons (Fsp3) is 0.176. The van der Waals surface area contributed by atoms with Crippen molar-refractivity contribution >= 4 is 10.9 Å². The molecule has 1 aromatic heterocycles. The van der Waals surface area contributed by atoms with Gasteiger partial charge in [0.05, 0.1) is 17.4 Å². The van der Waals surface area contributed by atoms with E-state index in [0.717, 1.165) is 11.1 Å². The van der Waals surface area contributed by atoms with Crippen molar-refractivity contribution in [3.05, 3.63) is 75.9 Å². The molecule has 3 rings (SSSR count). The van der Waals surface area contributed by atoms with E-state index in [1.165, 1.54) is 16.7 Å². The third kappa shape index (κ3) is 2.35. The highest BCUT2D eigenvalue weighted by Gasteiger charge is 2.09. The Kier molecular flexibility index (Phi) is 3.63. The lowest BCUT2D eigenvalue weighted by atomic mass is 10.2. The van der Waals surface area contributed by atoms with Crippen LogP contribution in [0, 0.1) is 5.82 Å². The summed E-state index contributed by atoms with van der Waals surface area (Å²) in [5.41, 5.74) is 2.26. The second-order valence-corrected chi connectivity index (χ2v) is 5.12. The monoisotopic (exact) mass is 297 g/mol. The maximum absolute atomic E-state index is 13.1. The minimum atomic E-state index is -0.264. The van der Waals surface area contributed by atoms with E-state index < -0.39 is 0 Å². The summed E-state index contributed by atoms with van der Waals surface area (Å²) in [7, 11) is 3.36. The molecule has 1 heterocycles. The van der Waals surface area contributed by atoms with E-state index in [2.05, 4.69) is 4.99 Å². The Morgan fingerprint density at radius 1 is 1.09 bits per heavy atom. The molecule has 0 saturated carbocycles. The quantitative estimate of drug-likeness (QED) is 0.713. The molecule has 0 N–H and O–H groups in total. The van der Waals surface area contributed by atoms with Gasteiger partial charge < -0.3 is 4.57 Å². The molecule has 0 aliphatic carbocycles. The first-order chi connectivity index (χ1) is 10.6. The van der Waals surface area contributed by atoms with Gasteiger partial charge in [-0.05, 0) is 29.8 Å². The highest BCUT2D eigenvalue weighted by molar-refractivity contribution is 5.77. The average Bonchev–Trinajstić information content (AvgIpc) is 2.54. The van der Waals surface area contributed by atoms with Crippen LogP contribution in [0.25, 0.3) is 10.9 Å². The number of halogens is 1. The minimum Gasteiger partial charge on any atom is -0.307 e. The van der Waals surface area contributed by atoms with Gasteiger partial charge in [0.1, 0.15) is 5.82 Å². The smallest absolute Gasteiger partial charge is 0.262 e. The van der Waals surface area contributed by atoms with Crippen molar-refractivity contribution in [2.45, 2.75) is 6.54 Å². The molecule has 0 saturated heterocycles. The van der Waals surface area contributed by atoms with Crippen LogP contribution >= 0.6 is 0 Å². The molecule has 0 amide bonds. The van der Waals surface area contributed by atoms with Crippen molar-refractivity contribution in [3.63, 3.8) is 0 Å². The number of hydrogen-bond acceptors (Lipinski definition) is 2. The molecule has 0 bridgehead atoms. The summed E-state index contributed by atoms with van der Waals surface area (Å²) in [4.78, 5) is 16.6. The van der Waals surface area contributed by atoms with Gasteiger partial charge in [0.2, 0.25) is 5.62 Å². The Hall–Kier alpha value is -2.69. The zero-order chi connectivity index (χ0) is 15.7. The van der Waals surface area contributed by atoms with Crippen LogP contribution in [0.4, 0.5) is 4.39 Å². The molecule has 0 spiro atoms. The lowest BCUT2D eigenvalue weighted by molar-refractivity contribution is 0.623. The topological polar surface area (TPSA) is 39.3 Å². The van der Waals surface area contributed by atoms with Crippen LogP contribution in [-0.2, 0) is 13.6 Å². The highest BCUT2D eigenvalue weighted by atomic mass is 19.1. The Morgan fingerprint density at radius 2 is 1.77 bits per heavy atom. The molecule has 22 heavy (non-hydrogen) atoms. The van der Waals surface area contributed by atoms with Crippen molar-refractivity contribution < 1.29 is 4.39 Å². The number of rotatable bonds is 2. The third-order valence-electron chi connectivity index (χ3n) is 3.73. The lowest BCUT2D eigenvalue weighted by Crippen LogP contribution is -2.39. The second-order valence-electron chi connectivity index (χ2n) is 5.12. The summed E-state index contributed by atoms with van der Waals surface area (Å²) in [6, 6.07) is 13.8. The molecule has 0 unspecified atom stereocenters. The predicted octanol–water partition coefficient (Wildman–Crippen LogP) is 2.06. The largest absolute Gasteiger partial charge is 0.307 e. The highest BCUT2D eigenvalue weighted by Crippen LogP contribution is 2.10. The average molecular weight is 297 g/mol. The van der Waals surface area contributed by atoms with Crippen molar-refractivity contribution in [3.8, 4) is 0 Å².